The third-order valence-corrected chi connectivity index (χ3v) is 4.21. The van der Waals surface area contributed by atoms with Gasteiger partial charge in [-0.3, -0.25) is 0 Å². The maximum atomic E-state index is 12.4. The van der Waals surface area contributed by atoms with Crippen LogP contribution < -0.4 is 0 Å². The van der Waals surface area contributed by atoms with Crippen LogP contribution in [0.4, 0.5) is 0 Å². The highest BCUT2D eigenvalue weighted by molar-refractivity contribution is 6.29. The van der Waals surface area contributed by atoms with Gasteiger partial charge in [0.2, 0.25) is 0 Å². The summed E-state index contributed by atoms with van der Waals surface area (Å²) in [5.74, 6) is -0.208. The molecule has 0 saturated heterocycles. The van der Waals surface area contributed by atoms with Crippen molar-refractivity contribution in [3.8, 4) is 0 Å². The summed E-state index contributed by atoms with van der Waals surface area (Å²) in [6.45, 7) is 3.83. The molecule has 2 atom stereocenters. The second kappa shape index (κ2) is 4.96. The van der Waals surface area contributed by atoms with Gasteiger partial charge in [0.25, 0.3) is 0 Å². The maximum absolute atomic E-state index is 12.4. The minimum Gasteiger partial charge on any atom is -0.464 e. The molecule has 0 radical (unpaired) electrons. The molecule has 0 aromatic carbocycles. The molecule has 1 aliphatic rings. The van der Waals surface area contributed by atoms with E-state index in [1.165, 1.54) is 0 Å². The number of pyridine rings is 1. The Kier molecular flexibility index (Phi) is 3.37. The van der Waals surface area contributed by atoms with Gasteiger partial charge in [0.1, 0.15) is 5.15 Å². The number of nitrogens with zero attached hydrogens (tertiary/aromatic N) is 3. The van der Waals surface area contributed by atoms with Gasteiger partial charge >= 0.3 is 5.97 Å². The summed E-state index contributed by atoms with van der Waals surface area (Å²) in [6.07, 6.45) is 0.641. The van der Waals surface area contributed by atoms with Gasteiger partial charge in [-0.05, 0) is 31.4 Å². The second-order valence-corrected chi connectivity index (χ2v) is 5.66. The van der Waals surface area contributed by atoms with Gasteiger partial charge in [-0.25, -0.2) is 14.5 Å². The average molecular weight is 310 g/mol. The van der Waals surface area contributed by atoms with Crippen molar-refractivity contribution in [2.24, 2.45) is 5.92 Å². The number of halogens is 1. The molecule has 0 aliphatic heterocycles. The van der Waals surface area contributed by atoms with Gasteiger partial charge in [-0.2, -0.15) is 5.10 Å². The Bertz CT molecular complexity index is 715. The molecule has 6 nitrogen and oxygen atoms in total. The molecule has 2 aromatic heterocycles. The Morgan fingerprint density at radius 3 is 2.90 bits per heavy atom. The number of hydrogen-bond donors (Lipinski definition) is 1. The predicted octanol–water partition coefficient (Wildman–Crippen LogP) is 1.88. The first-order chi connectivity index (χ1) is 10.0. The quantitative estimate of drug-likeness (QED) is 0.689. The number of aromatic nitrogens is 3. The van der Waals surface area contributed by atoms with E-state index in [4.69, 9.17) is 16.3 Å². The summed E-state index contributed by atoms with van der Waals surface area (Å²) in [4.78, 5) is 16.6. The van der Waals surface area contributed by atoms with E-state index in [9.17, 15) is 9.90 Å². The Morgan fingerprint density at radius 1 is 1.62 bits per heavy atom. The van der Waals surface area contributed by atoms with Gasteiger partial charge in [0.05, 0.1) is 18.9 Å². The van der Waals surface area contributed by atoms with E-state index in [1.807, 2.05) is 6.92 Å². The maximum Gasteiger partial charge on any atom is 0.334 e. The summed E-state index contributed by atoms with van der Waals surface area (Å²) < 4.78 is 6.76. The molecule has 3 rings (SSSR count). The molecule has 2 heterocycles. The molecule has 1 aliphatic carbocycles. The van der Waals surface area contributed by atoms with E-state index >= 15 is 0 Å². The Labute approximate surface area is 126 Å². The molecule has 1 N–H and O–H groups in total. The van der Waals surface area contributed by atoms with Crippen molar-refractivity contribution in [2.75, 3.05) is 6.61 Å². The molecular formula is C14H16ClN3O3. The molecule has 0 spiro atoms. The van der Waals surface area contributed by atoms with Gasteiger partial charge < -0.3 is 9.84 Å². The minimum absolute atomic E-state index is 0.104. The lowest BCUT2D eigenvalue weighted by molar-refractivity contribution is -0.149. The highest BCUT2D eigenvalue weighted by Gasteiger charge is 2.62. The number of ether oxygens (including phenoxy) is 1. The smallest absolute Gasteiger partial charge is 0.334 e. The van der Waals surface area contributed by atoms with Crippen molar-refractivity contribution in [1.29, 1.82) is 0 Å². The lowest BCUT2D eigenvalue weighted by Gasteiger charge is -2.16. The topological polar surface area (TPSA) is 77.2 Å². The van der Waals surface area contributed by atoms with Crippen molar-refractivity contribution in [2.45, 2.75) is 32.4 Å². The fourth-order valence-corrected chi connectivity index (χ4v) is 2.90. The highest BCUT2D eigenvalue weighted by Crippen LogP contribution is 2.52. The second-order valence-electron chi connectivity index (χ2n) is 5.27. The van der Waals surface area contributed by atoms with Crippen LogP contribution in [0.25, 0.3) is 11.0 Å². The van der Waals surface area contributed by atoms with E-state index < -0.39 is 5.54 Å². The van der Waals surface area contributed by atoms with Crippen LogP contribution in [-0.4, -0.2) is 32.4 Å². The number of fused-ring (bicyclic) bond motifs is 1. The zero-order valence-electron chi connectivity index (χ0n) is 11.8. The average Bonchev–Trinajstić information content (AvgIpc) is 3.00. The summed E-state index contributed by atoms with van der Waals surface area (Å²) >= 11 is 5.96. The fraction of sp³-hybridized carbons (Fsp3) is 0.500. The first kappa shape index (κ1) is 14.3. The third kappa shape index (κ3) is 2.01. The van der Waals surface area contributed by atoms with E-state index in [2.05, 4.69) is 10.1 Å². The largest absolute Gasteiger partial charge is 0.464 e. The number of carbonyl (C=O) groups excluding carboxylic acids is 1. The van der Waals surface area contributed by atoms with Crippen molar-refractivity contribution < 1.29 is 14.6 Å². The summed E-state index contributed by atoms with van der Waals surface area (Å²) in [7, 11) is 0. The number of esters is 1. The van der Waals surface area contributed by atoms with Crippen molar-refractivity contribution in [1.82, 2.24) is 14.8 Å². The lowest BCUT2D eigenvalue weighted by atomic mass is 10.2. The van der Waals surface area contributed by atoms with E-state index in [1.54, 1.807) is 23.7 Å². The van der Waals surface area contributed by atoms with Crippen LogP contribution in [0.2, 0.25) is 5.15 Å². The predicted molar refractivity (Wildman–Crippen MR) is 76.8 cm³/mol. The molecule has 1 fully saturated rings. The van der Waals surface area contributed by atoms with Gasteiger partial charge in [-0.15, -0.1) is 0 Å². The van der Waals surface area contributed by atoms with E-state index in [0.717, 1.165) is 0 Å². The number of hydrogen-bond acceptors (Lipinski definition) is 5. The zero-order chi connectivity index (χ0) is 15.2. The van der Waals surface area contributed by atoms with Crippen LogP contribution >= 0.6 is 11.6 Å². The summed E-state index contributed by atoms with van der Waals surface area (Å²) in [5, 5.41) is 14.9. The van der Waals surface area contributed by atoms with E-state index in [0.29, 0.717) is 34.9 Å². The molecule has 7 heteroatoms. The summed E-state index contributed by atoms with van der Waals surface area (Å²) in [6, 6.07) is 3.40. The van der Waals surface area contributed by atoms with Gasteiger partial charge in [0.15, 0.2) is 11.2 Å². The number of aliphatic hydroxyl groups excluding tert-OH is 1. The number of aliphatic hydroxyl groups is 1. The van der Waals surface area contributed by atoms with Crippen molar-refractivity contribution >= 4 is 28.6 Å². The molecule has 2 aromatic rings. The van der Waals surface area contributed by atoms with Gasteiger partial charge in [-0.1, -0.05) is 18.5 Å². The number of carbonyl (C=O) groups is 1. The Hall–Kier alpha value is -1.66. The molecule has 0 amide bonds. The van der Waals surface area contributed by atoms with Crippen LogP contribution in [0.1, 0.15) is 26.0 Å². The zero-order valence-corrected chi connectivity index (χ0v) is 12.6. The first-order valence-electron chi connectivity index (χ1n) is 6.87. The van der Waals surface area contributed by atoms with Crippen molar-refractivity contribution in [3.05, 3.63) is 23.0 Å². The van der Waals surface area contributed by atoms with Crippen molar-refractivity contribution in [3.63, 3.8) is 0 Å². The molecule has 0 bridgehead atoms. The van der Waals surface area contributed by atoms with Crippen LogP contribution in [-0.2, 0) is 21.7 Å². The molecule has 112 valence electrons. The molecule has 1 saturated carbocycles. The van der Waals surface area contributed by atoms with Crippen LogP contribution in [0, 0.1) is 5.92 Å². The lowest BCUT2D eigenvalue weighted by Crippen LogP contribution is -2.33. The third-order valence-electron chi connectivity index (χ3n) is 4.00. The van der Waals surface area contributed by atoms with E-state index in [-0.39, 0.29) is 18.5 Å². The molecule has 0 unspecified atom stereocenters. The fourth-order valence-electron chi connectivity index (χ4n) is 2.76. The van der Waals surface area contributed by atoms with Crippen LogP contribution in [0.3, 0.4) is 0 Å². The minimum atomic E-state index is -0.834. The SMILES string of the molecule is CCOC(=O)[C@]1(n2nc(CO)c3ccc(Cl)nc32)C[C@@H]1C. The van der Waals surface area contributed by atoms with Gasteiger partial charge in [0, 0.05) is 5.39 Å². The normalized spacial score (nSPS) is 24.3. The molecule has 21 heavy (non-hydrogen) atoms. The van der Waals surface area contributed by atoms with Crippen LogP contribution in [0.15, 0.2) is 12.1 Å². The molecular weight excluding hydrogens is 294 g/mol. The first-order valence-corrected chi connectivity index (χ1v) is 7.25. The monoisotopic (exact) mass is 309 g/mol. The Balaban J connectivity index is 2.20. The number of rotatable bonds is 4. The van der Waals surface area contributed by atoms with Crippen LogP contribution in [0.5, 0.6) is 0 Å². The Morgan fingerprint density at radius 2 is 2.33 bits per heavy atom. The summed E-state index contributed by atoms with van der Waals surface area (Å²) in [5.41, 5.74) is 0.153. The highest BCUT2D eigenvalue weighted by atomic mass is 35.5. The standard InChI is InChI=1S/C14H16ClN3O3/c1-3-21-13(20)14(6-8(14)2)18-12-9(10(7-19)17-18)4-5-11(15)16-12/h4-5,8,19H,3,6-7H2,1-2H3/t8-,14-/m0/s1.